The highest BCUT2D eigenvalue weighted by Crippen LogP contribution is 2.70. The molecule has 4 aliphatic rings. The van der Waals surface area contributed by atoms with Gasteiger partial charge in [0.25, 0.3) is 0 Å². The Balaban J connectivity index is 1.74. The molecule has 0 amide bonds. The molecule has 0 atom stereocenters. The van der Waals surface area contributed by atoms with Gasteiger partial charge in [-0.1, -0.05) is 164 Å². The summed E-state index contributed by atoms with van der Waals surface area (Å²) in [5.41, 5.74) is 14.7. The van der Waals surface area contributed by atoms with Crippen LogP contribution in [0, 0.1) is 0 Å². The molecule has 0 heterocycles. The first-order chi connectivity index (χ1) is 24.1. The SMILES string of the molecule is CCC1(CC)CC(C)(C)c2c(SSc3c4c(c(Br)c5c3C(CC)(CC)CC5(C)C)C(CC)(CC)CC4(C)C)c3c(c(Br)c21)C(C)(C)CC3(CC)CC. The normalized spacial score (nSPS) is 24.1. The van der Waals surface area contributed by atoms with Crippen molar-refractivity contribution in [2.75, 3.05) is 0 Å². The molecule has 0 N–H and O–H groups in total. The van der Waals surface area contributed by atoms with Gasteiger partial charge in [-0.3, -0.25) is 0 Å². The lowest BCUT2D eigenvalue weighted by molar-refractivity contribution is 0.319. The van der Waals surface area contributed by atoms with Gasteiger partial charge in [-0.25, -0.2) is 0 Å². The van der Waals surface area contributed by atoms with E-state index >= 15 is 0 Å². The Hall–Kier alpha value is 0.1000. The average Bonchev–Trinajstić information content (AvgIpc) is 3.69. The van der Waals surface area contributed by atoms with Crippen LogP contribution in [0.1, 0.15) is 232 Å². The maximum atomic E-state index is 4.47. The van der Waals surface area contributed by atoms with Gasteiger partial charge in [-0.15, -0.1) is 0 Å². The molecule has 0 saturated heterocycles. The van der Waals surface area contributed by atoms with Gasteiger partial charge < -0.3 is 0 Å². The van der Waals surface area contributed by atoms with Gasteiger partial charge in [-0.05, 0) is 165 Å². The van der Waals surface area contributed by atoms with Crippen LogP contribution >= 0.6 is 53.4 Å². The molecule has 0 unspecified atom stereocenters. The van der Waals surface area contributed by atoms with E-state index in [-0.39, 0.29) is 43.3 Å². The van der Waals surface area contributed by atoms with E-state index in [4.69, 9.17) is 0 Å². The van der Waals surface area contributed by atoms with Gasteiger partial charge in [-0.2, -0.15) is 0 Å². The highest BCUT2D eigenvalue weighted by atomic mass is 79.9. The summed E-state index contributed by atoms with van der Waals surface area (Å²) in [6, 6.07) is 0. The maximum Gasteiger partial charge on any atom is 0.0268 e. The zero-order valence-electron chi connectivity index (χ0n) is 36.1. The zero-order valence-corrected chi connectivity index (χ0v) is 40.9. The highest BCUT2D eigenvalue weighted by Gasteiger charge is 2.58. The van der Waals surface area contributed by atoms with E-state index in [2.05, 4.69) is 164 Å². The molecule has 52 heavy (non-hydrogen) atoms. The predicted octanol–water partition coefficient (Wildman–Crippen LogP) is 17.0. The number of fused-ring (bicyclic) bond motifs is 4. The molecule has 0 spiro atoms. The second kappa shape index (κ2) is 13.3. The first-order valence-corrected chi connectivity index (χ1v) is 25.0. The monoisotopic (exact) mass is 870 g/mol. The summed E-state index contributed by atoms with van der Waals surface area (Å²) in [4.78, 5) is 3.30. The van der Waals surface area contributed by atoms with Gasteiger partial charge >= 0.3 is 0 Å². The maximum absolute atomic E-state index is 4.47. The van der Waals surface area contributed by atoms with Gasteiger partial charge in [0.2, 0.25) is 0 Å². The van der Waals surface area contributed by atoms with Crippen LogP contribution in [0.5, 0.6) is 0 Å². The molecule has 2 aromatic rings. The third-order valence-corrected chi connectivity index (χ3v) is 20.4. The molecule has 4 aliphatic carbocycles. The Bertz CT molecular complexity index is 1630. The van der Waals surface area contributed by atoms with Crippen molar-refractivity contribution in [3.63, 3.8) is 0 Å². The predicted molar refractivity (Wildman–Crippen MR) is 240 cm³/mol. The van der Waals surface area contributed by atoms with Crippen LogP contribution in [0.25, 0.3) is 0 Å². The Kier molecular flexibility index (Phi) is 10.7. The van der Waals surface area contributed by atoms with Crippen LogP contribution in [0.3, 0.4) is 0 Å². The largest absolute Gasteiger partial charge is 0.0645 e. The van der Waals surface area contributed by atoms with E-state index in [1.54, 1.807) is 54.3 Å². The van der Waals surface area contributed by atoms with E-state index < -0.39 is 0 Å². The number of rotatable bonds is 11. The Morgan fingerprint density at radius 2 is 0.558 bits per heavy atom. The van der Waals surface area contributed by atoms with Crippen molar-refractivity contribution in [3.8, 4) is 0 Å². The van der Waals surface area contributed by atoms with E-state index in [9.17, 15) is 0 Å². The Labute approximate surface area is 345 Å². The summed E-state index contributed by atoms with van der Waals surface area (Å²) in [7, 11) is 4.41. The fourth-order valence-electron chi connectivity index (χ4n) is 13.7. The van der Waals surface area contributed by atoms with E-state index in [0.29, 0.717) is 0 Å². The lowest BCUT2D eigenvalue weighted by Crippen LogP contribution is -2.26. The number of hydrogen-bond donors (Lipinski definition) is 0. The molecule has 0 aromatic heterocycles. The van der Waals surface area contributed by atoms with Crippen molar-refractivity contribution in [2.24, 2.45) is 0 Å². The lowest BCUT2D eigenvalue weighted by atomic mass is 9.73. The molecule has 6 rings (SSSR count). The second-order valence-corrected chi connectivity index (χ2v) is 24.4. The summed E-state index contributed by atoms with van der Waals surface area (Å²) in [5.74, 6) is 0. The zero-order chi connectivity index (χ0) is 38.8. The standard InChI is InChI=1S/C48H72Br2S2/c1-17-45(18-2)27-43(13,14)33-31(45)37(49)29-35(47(21-5,22-6)25-41(29,9)10)39(33)51-52-40-34-32(46(19-3,20-4)28-44(34,15)16)38(50)30-36(40)48(23-7,24-8)26-42(30,11)12/h17-28H2,1-16H3. The van der Waals surface area contributed by atoms with Crippen LogP contribution in [0.2, 0.25) is 0 Å². The quantitative estimate of drug-likeness (QED) is 0.206. The van der Waals surface area contributed by atoms with Crippen LogP contribution < -0.4 is 0 Å². The highest BCUT2D eigenvalue weighted by molar-refractivity contribution is 9.11. The summed E-state index contributed by atoms with van der Waals surface area (Å²) >= 11 is 8.93. The fourth-order valence-corrected chi connectivity index (χ4v) is 19.8. The lowest BCUT2D eigenvalue weighted by Gasteiger charge is -2.35. The van der Waals surface area contributed by atoms with Crippen molar-refractivity contribution in [3.05, 3.63) is 53.5 Å². The van der Waals surface area contributed by atoms with Gasteiger partial charge in [0.05, 0.1) is 0 Å². The molecule has 0 radical (unpaired) electrons. The topological polar surface area (TPSA) is 0 Å². The minimum Gasteiger partial charge on any atom is -0.0645 e. The third kappa shape index (κ3) is 5.43. The molecular weight excluding hydrogens is 800 g/mol. The molecule has 0 aliphatic heterocycles. The van der Waals surface area contributed by atoms with Crippen molar-refractivity contribution in [2.45, 2.75) is 241 Å². The van der Waals surface area contributed by atoms with Crippen LogP contribution in [-0.4, -0.2) is 0 Å². The molecule has 0 bridgehead atoms. The summed E-state index contributed by atoms with van der Waals surface area (Å²) < 4.78 is 2.93. The van der Waals surface area contributed by atoms with E-state index in [0.717, 1.165) is 0 Å². The van der Waals surface area contributed by atoms with E-state index in [1.807, 2.05) is 0 Å². The van der Waals surface area contributed by atoms with Crippen molar-refractivity contribution in [1.29, 1.82) is 0 Å². The van der Waals surface area contributed by atoms with Gasteiger partial charge in [0, 0.05) is 18.7 Å². The minimum atomic E-state index is 0.114. The Morgan fingerprint density at radius 1 is 0.346 bits per heavy atom. The number of hydrogen-bond acceptors (Lipinski definition) is 2. The minimum absolute atomic E-state index is 0.114. The molecular formula is C48H72Br2S2. The number of halogens is 2. The molecule has 0 saturated carbocycles. The van der Waals surface area contributed by atoms with Crippen molar-refractivity contribution in [1.82, 2.24) is 0 Å². The van der Waals surface area contributed by atoms with Crippen LogP contribution in [-0.2, 0) is 43.3 Å². The van der Waals surface area contributed by atoms with Gasteiger partial charge in [0.15, 0.2) is 0 Å². The van der Waals surface area contributed by atoms with Crippen molar-refractivity contribution < 1.29 is 0 Å². The number of benzene rings is 2. The molecule has 2 aromatic carbocycles. The van der Waals surface area contributed by atoms with Gasteiger partial charge in [0.1, 0.15) is 0 Å². The van der Waals surface area contributed by atoms with E-state index in [1.165, 1.54) is 86.0 Å². The van der Waals surface area contributed by atoms with Crippen LogP contribution in [0.15, 0.2) is 18.7 Å². The molecule has 0 nitrogen and oxygen atoms in total. The molecule has 0 fully saturated rings. The molecule has 4 heteroatoms. The third-order valence-electron chi connectivity index (χ3n) is 16.4. The summed E-state index contributed by atoms with van der Waals surface area (Å²) in [6.07, 6.45) is 14.5. The summed E-state index contributed by atoms with van der Waals surface area (Å²) in [6.45, 7) is 40.4. The first-order valence-electron chi connectivity index (χ1n) is 21.3. The molecule has 290 valence electrons. The summed E-state index contributed by atoms with van der Waals surface area (Å²) in [5, 5.41) is 0. The van der Waals surface area contributed by atoms with Crippen molar-refractivity contribution >= 4 is 53.4 Å². The smallest absolute Gasteiger partial charge is 0.0268 e. The van der Waals surface area contributed by atoms with Crippen LogP contribution in [0.4, 0.5) is 0 Å². The first kappa shape index (κ1) is 41.7. The second-order valence-electron chi connectivity index (χ2n) is 20.6. The fraction of sp³-hybridized carbons (Fsp3) is 0.750. The Morgan fingerprint density at radius 3 is 0.788 bits per heavy atom. The average molecular weight is 873 g/mol.